The Hall–Kier alpha value is -4.25. The third kappa shape index (κ3) is 6.56. The fourth-order valence-electron chi connectivity index (χ4n) is 4.60. The first-order valence-electron chi connectivity index (χ1n) is 13.6. The van der Waals surface area contributed by atoms with E-state index in [1.807, 2.05) is 37.3 Å². The number of nitrogens with zero attached hydrogens (tertiary/aromatic N) is 3. The smallest absolute Gasteiger partial charge is 0.323 e. The highest BCUT2D eigenvalue weighted by atomic mass is 32.2. The summed E-state index contributed by atoms with van der Waals surface area (Å²) in [4.78, 5) is 41.5. The van der Waals surface area contributed by atoms with Crippen LogP contribution in [0.3, 0.4) is 0 Å². The SMILES string of the molecule is CCN1C(=O)/C(=c2/s/c(=C/C=C\c3ccc(N(c4ccc(C)cc4)c4ccc(C)cc4)cc3)c(=O)n2CC(=O)O)SC1=S. The molecule has 218 valence electrons. The molecule has 1 aromatic heterocycles. The van der Waals surface area contributed by atoms with Crippen LogP contribution in [0.25, 0.3) is 17.1 Å². The van der Waals surface area contributed by atoms with Gasteiger partial charge in [-0.1, -0.05) is 83.7 Å². The van der Waals surface area contributed by atoms with Crippen LogP contribution in [0.5, 0.6) is 0 Å². The quantitative estimate of drug-likeness (QED) is 0.256. The molecule has 0 bridgehead atoms. The molecule has 1 aliphatic heterocycles. The second-order valence-corrected chi connectivity index (χ2v) is 12.6. The first kappa shape index (κ1) is 30.2. The number of rotatable bonds is 8. The highest BCUT2D eigenvalue weighted by molar-refractivity contribution is 8.30. The van der Waals surface area contributed by atoms with E-state index in [0.29, 0.717) is 20.1 Å². The average molecular weight is 628 g/mol. The second kappa shape index (κ2) is 12.9. The van der Waals surface area contributed by atoms with Gasteiger partial charge in [0.15, 0.2) is 0 Å². The summed E-state index contributed by atoms with van der Waals surface area (Å²) in [5.74, 6) is -1.48. The zero-order valence-corrected chi connectivity index (χ0v) is 26.3. The highest BCUT2D eigenvalue weighted by Gasteiger charge is 2.33. The van der Waals surface area contributed by atoms with Gasteiger partial charge in [-0.2, -0.15) is 0 Å². The minimum Gasteiger partial charge on any atom is -0.480 e. The summed E-state index contributed by atoms with van der Waals surface area (Å²) < 4.78 is 2.16. The molecule has 0 radical (unpaired) electrons. The number of allylic oxidation sites excluding steroid dienone is 1. The van der Waals surface area contributed by atoms with Gasteiger partial charge in [-0.25, -0.2) is 0 Å². The van der Waals surface area contributed by atoms with Gasteiger partial charge in [0.1, 0.15) is 20.4 Å². The lowest BCUT2D eigenvalue weighted by Crippen LogP contribution is -2.35. The average Bonchev–Trinajstić information content (AvgIpc) is 3.45. The minimum absolute atomic E-state index is 0.279. The number of carbonyl (C=O) groups is 2. The molecule has 2 heterocycles. The van der Waals surface area contributed by atoms with Gasteiger partial charge >= 0.3 is 5.97 Å². The summed E-state index contributed by atoms with van der Waals surface area (Å²) in [7, 11) is 0. The van der Waals surface area contributed by atoms with Gasteiger partial charge in [-0.3, -0.25) is 23.9 Å². The molecule has 0 aliphatic carbocycles. The van der Waals surface area contributed by atoms with Crippen molar-refractivity contribution in [2.45, 2.75) is 27.3 Å². The number of carbonyl (C=O) groups excluding carboxylic acids is 1. The maximum absolute atomic E-state index is 13.2. The Balaban J connectivity index is 1.47. The Morgan fingerprint density at radius 3 is 1.93 bits per heavy atom. The van der Waals surface area contributed by atoms with E-state index in [-0.39, 0.29) is 10.8 Å². The van der Waals surface area contributed by atoms with Crippen LogP contribution in [0.15, 0.2) is 83.7 Å². The van der Waals surface area contributed by atoms with E-state index in [0.717, 1.165) is 50.3 Å². The molecule has 5 rings (SSSR count). The van der Waals surface area contributed by atoms with E-state index in [2.05, 4.69) is 67.3 Å². The van der Waals surface area contributed by atoms with E-state index in [1.54, 1.807) is 12.2 Å². The third-order valence-electron chi connectivity index (χ3n) is 6.83. The van der Waals surface area contributed by atoms with Crippen molar-refractivity contribution in [1.29, 1.82) is 0 Å². The van der Waals surface area contributed by atoms with E-state index in [1.165, 1.54) is 16.0 Å². The third-order valence-corrected chi connectivity index (χ3v) is 9.55. The molecular formula is C33H29N3O4S3. The van der Waals surface area contributed by atoms with Crippen molar-refractivity contribution in [1.82, 2.24) is 9.47 Å². The number of hydrogen-bond donors (Lipinski definition) is 1. The van der Waals surface area contributed by atoms with Crippen molar-refractivity contribution in [3.8, 4) is 0 Å². The van der Waals surface area contributed by atoms with Crippen LogP contribution in [0.2, 0.25) is 0 Å². The molecule has 1 aliphatic rings. The molecule has 1 saturated heterocycles. The summed E-state index contributed by atoms with van der Waals surface area (Å²) in [6.07, 6.45) is 5.28. The molecule has 0 atom stereocenters. The van der Waals surface area contributed by atoms with Gasteiger partial charge in [-0.05, 0) is 68.8 Å². The van der Waals surface area contributed by atoms with Gasteiger partial charge < -0.3 is 10.0 Å². The molecule has 0 spiro atoms. The molecule has 10 heteroatoms. The van der Waals surface area contributed by atoms with Gasteiger partial charge in [0.2, 0.25) is 0 Å². The number of aromatic nitrogens is 1. The van der Waals surface area contributed by atoms with Crippen LogP contribution in [-0.4, -0.2) is 37.3 Å². The maximum Gasteiger partial charge on any atom is 0.323 e. The summed E-state index contributed by atoms with van der Waals surface area (Å²) in [5, 5.41) is 9.42. The number of hydrogen-bond acceptors (Lipinski definition) is 7. The van der Waals surface area contributed by atoms with Crippen LogP contribution in [0.1, 0.15) is 23.6 Å². The first-order valence-corrected chi connectivity index (χ1v) is 15.6. The summed E-state index contributed by atoms with van der Waals surface area (Å²) in [6.45, 7) is 5.80. The van der Waals surface area contributed by atoms with E-state index in [4.69, 9.17) is 12.2 Å². The Kier molecular flexibility index (Phi) is 9.10. The van der Waals surface area contributed by atoms with Crippen molar-refractivity contribution >= 4 is 85.6 Å². The number of benzene rings is 3. The van der Waals surface area contributed by atoms with E-state index < -0.39 is 18.1 Å². The molecule has 3 aromatic carbocycles. The number of aliphatic carboxylic acids is 1. The highest BCUT2D eigenvalue weighted by Crippen LogP contribution is 2.35. The zero-order chi connectivity index (χ0) is 30.7. The van der Waals surface area contributed by atoms with E-state index in [9.17, 15) is 19.5 Å². The molecule has 43 heavy (non-hydrogen) atoms. The van der Waals surface area contributed by atoms with Gasteiger partial charge in [0, 0.05) is 23.6 Å². The normalized spacial score (nSPS) is 15.1. The number of aryl methyl sites for hydroxylation is 2. The minimum atomic E-state index is -1.17. The Morgan fingerprint density at radius 2 is 1.44 bits per heavy atom. The lowest BCUT2D eigenvalue weighted by Gasteiger charge is -2.25. The molecule has 0 unspecified atom stereocenters. The van der Waals surface area contributed by atoms with Crippen molar-refractivity contribution in [3.05, 3.63) is 115 Å². The predicted octanol–water partition coefficient (Wildman–Crippen LogP) is 5.56. The molecule has 4 aromatic rings. The number of thiocarbonyl (C=S) groups is 1. The first-order chi connectivity index (χ1) is 20.7. The van der Waals surface area contributed by atoms with Crippen LogP contribution in [-0.2, 0) is 16.1 Å². The lowest BCUT2D eigenvalue weighted by molar-refractivity contribution is -0.137. The summed E-state index contributed by atoms with van der Waals surface area (Å²) >= 11 is 7.49. The number of thiazole rings is 1. The van der Waals surface area contributed by atoms with Crippen molar-refractivity contribution in [2.75, 3.05) is 11.4 Å². The second-order valence-electron chi connectivity index (χ2n) is 9.93. The Bertz CT molecular complexity index is 1860. The number of carboxylic acid groups (broad SMARTS) is 1. The maximum atomic E-state index is 13.2. The molecular weight excluding hydrogens is 599 g/mol. The standard InChI is InChI=1S/C33H29N3O4S3/c1-4-34-31(40)29(43-33(34)41)32-35(20-28(37)38)30(39)27(42-32)7-5-6-23-12-18-26(19-13-23)36(24-14-8-21(2)9-15-24)25-16-10-22(3)11-17-25/h5-19H,4,20H2,1-3H3,(H,37,38)/b6-5-,27-7+,32-29-. The number of anilines is 3. The van der Waals surface area contributed by atoms with Gasteiger partial charge in [-0.15, -0.1) is 11.3 Å². The summed E-state index contributed by atoms with van der Waals surface area (Å²) in [6, 6.07) is 24.9. The van der Waals surface area contributed by atoms with Crippen molar-refractivity contribution < 1.29 is 14.7 Å². The molecule has 1 fully saturated rings. The Morgan fingerprint density at radius 1 is 0.907 bits per heavy atom. The summed E-state index contributed by atoms with van der Waals surface area (Å²) in [5.41, 5.74) is 5.95. The van der Waals surface area contributed by atoms with Gasteiger partial charge in [0.05, 0.1) is 4.53 Å². The largest absolute Gasteiger partial charge is 0.480 e. The van der Waals surface area contributed by atoms with Crippen LogP contribution in [0.4, 0.5) is 17.1 Å². The van der Waals surface area contributed by atoms with Crippen LogP contribution < -0.4 is 19.7 Å². The van der Waals surface area contributed by atoms with Crippen molar-refractivity contribution in [2.24, 2.45) is 0 Å². The predicted molar refractivity (Wildman–Crippen MR) is 181 cm³/mol. The van der Waals surface area contributed by atoms with Crippen molar-refractivity contribution in [3.63, 3.8) is 0 Å². The zero-order valence-electron chi connectivity index (χ0n) is 23.8. The monoisotopic (exact) mass is 627 g/mol. The molecule has 0 saturated carbocycles. The number of carboxylic acids is 1. The fraction of sp³-hybridized carbons (Fsp3) is 0.152. The lowest BCUT2D eigenvalue weighted by atomic mass is 10.1. The fourth-order valence-corrected chi connectivity index (χ4v) is 7.19. The van der Waals surface area contributed by atoms with Gasteiger partial charge in [0.25, 0.3) is 11.5 Å². The molecule has 1 amide bonds. The number of amides is 1. The number of thioether (sulfide) groups is 1. The van der Waals surface area contributed by atoms with Crippen LogP contribution >= 0.6 is 35.3 Å². The molecule has 7 nitrogen and oxygen atoms in total. The molecule has 1 N–H and O–H groups in total. The van der Waals surface area contributed by atoms with E-state index >= 15 is 0 Å². The topological polar surface area (TPSA) is 82.9 Å². The Labute approximate surface area is 262 Å². The van der Waals surface area contributed by atoms with Crippen LogP contribution in [0, 0.1) is 13.8 Å².